The van der Waals surface area contributed by atoms with Gasteiger partial charge in [-0.3, -0.25) is 4.98 Å². The number of rotatable bonds is 1. The fourth-order valence-electron chi connectivity index (χ4n) is 1.20. The average Bonchev–Trinajstić information content (AvgIpc) is 2.31. The summed E-state index contributed by atoms with van der Waals surface area (Å²) in [5.74, 6) is 0. The Kier molecular flexibility index (Phi) is 3.86. The van der Waals surface area contributed by atoms with E-state index in [-0.39, 0.29) is 0 Å². The van der Waals surface area contributed by atoms with E-state index in [4.69, 9.17) is 0 Å². The highest BCUT2D eigenvalue weighted by atomic mass is 14.6. The second-order valence-corrected chi connectivity index (χ2v) is 2.67. The van der Waals surface area contributed by atoms with Crippen LogP contribution in [-0.4, -0.2) is 4.98 Å². The summed E-state index contributed by atoms with van der Waals surface area (Å²) >= 11 is 0. The van der Waals surface area contributed by atoms with Crippen molar-refractivity contribution < 1.29 is 0 Å². The van der Waals surface area contributed by atoms with Crippen LogP contribution in [0.5, 0.6) is 0 Å². The van der Waals surface area contributed by atoms with E-state index in [1.54, 1.807) is 6.08 Å². The Hall–Kier alpha value is -1.63. The van der Waals surface area contributed by atoms with Crippen LogP contribution in [0.25, 0.3) is 17.0 Å². The third-order valence-corrected chi connectivity index (χ3v) is 1.85. The lowest BCUT2D eigenvalue weighted by Crippen LogP contribution is -1.79. The summed E-state index contributed by atoms with van der Waals surface area (Å²) in [5, 5.41) is 1.16. The molecule has 0 bridgehead atoms. The van der Waals surface area contributed by atoms with Crippen molar-refractivity contribution in [3.05, 3.63) is 48.7 Å². The molecule has 1 nitrogen and oxygen atoms in total. The number of aromatic nitrogens is 1. The lowest BCUT2D eigenvalue weighted by Gasteiger charge is -1.96. The van der Waals surface area contributed by atoms with Crippen LogP contribution in [0.1, 0.15) is 19.4 Å². The van der Waals surface area contributed by atoms with Gasteiger partial charge in [0, 0.05) is 11.6 Å². The number of para-hydroxylation sites is 1. The fourth-order valence-corrected chi connectivity index (χ4v) is 1.20. The van der Waals surface area contributed by atoms with Gasteiger partial charge in [-0.25, -0.2) is 0 Å². The summed E-state index contributed by atoms with van der Waals surface area (Å²) < 4.78 is 0. The monoisotopic (exact) mass is 185 g/mol. The van der Waals surface area contributed by atoms with Gasteiger partial charge in [0.05, 0.1) is 5.52 Å². The first-order valence-corrected chi connectivity index (χ1v) is 4.87. The topological polar surface area (TPSA) is 12.9 Å². The van der Waals surface area contributed by atoms with E-state index in [1.807, 2.05) is 38.2 Å². The molecule has 0 aliphatic carbocycles. The maximum Gasteiger partial charge on any atom is 0.0702 e. The van der Waals surface area contributed by atoms with Crippen molar-refractivity contribution in [3.63, 3.8) is 0 Å². The lowest BCUT2D eigenvalue weighted by molar-refractivity contribution is 1.40. The highest BCUT2D eigenvalue weighted by molar-refractivity contribution is 5.80. The molecule has 1 heteroatoms. The molecular weight excluding hydrogens is 170 g/mol. The number of hydrogen-bond donors (Lipinski definition) is 0. The molecule has 0 amide bonds. The molecule has 2 aromatic rings. The van der Waals surface area contributed by atoms with Crippen molar-refractivity contribution in [3.8, 4) is 0 Å². The molecule has 0 saturated heterocycles. The second-order valence-electron chi connectivity index (χ2n) is 2.67. The Morgan fingerprint density at radius 3 is 2.64 bits per heavy atom. The Morgan fingerprint density at radius 2 is 1.93 bits per heavy atom. The van der Waals surface area contributed by atoms with Crippen LogP contribution in [0.4, 0.5) is 0 Å². The van der Waals surface area contributed by atoms with Gasteiger partial charge < -0.3 is 0 Å². The average molecular weight is 185 g/mol. The van der Waals surface area contributed by atoms with Gasteiger partial charge >= 0.3 is 0 Å². The molecule has 0 atom stereocenters. The van der Waals surface area contributed by atoms with Crippen LogP contribution in [0, 0.1) is 0 Å². The van der Waals surface area contributed by atoms with Crippen LogP contribution >= 0.6 is 0 Å². The molecule has 1 aromatic heterocycles. The van der Waals surface area contributed by atoms with E-state index in [0.29, 0.717) is 0 Å². The number of benzene rings is 1. The molecule has 0 saturated carbocycles. The van der Waals surface area contributed by atoms with Crippen LogP contribution < -0.4 is 0 Å². The summed E-state index contributed by atoms with van der Waals surface area (Å²) in [7, 11) is 0. The molecule has 1 heterocycles. The summed E-state index contributed by atoms with van der Waals surface area (Å²) in [4.78, 5) is 4.28. The largest absolute Gasteiger partial charge is 0.256 e. The number of hydrogen-bond acceptors (Lipinski definition) is 1. The molecule has 72 valence electrons. The Balaban J connectivity index is 0.000000461. The molecule has 0 aliphatic rings. The molecular formula is C13H15N. The summed E-state index contributed by atoms with van der Waals surface area (Å²) in [6.45, 7) is 7.70. The number of pyridine rings is 1. The Morgan fingerprint density at radius 1 is 1.21 bits per heavy atom. The third-order valence-electron chi connectivity index (χ3n) is 1.85. The van der Waals surface area contributed by atoms with E-state index in [1.165, 1.54) is 0 Å². The fraction of sp³-hybridized carbons (Fsp3) is 0.154. The van der Waals surface area contributed by atoms with Gasteiger partial charge in [0.25, 0.3) is 0 Å². The van der Waals surface area contributed by atoms with E-state index < -0.39 is 0 Å². The molecule has 0 radical (unpaired) electrons. The normalized spacial score (nSPS) is 9.00. The molecule has 0 fully saturated rings. The van der Waals surface area contributed by atoms with E-state index in [2.05, 4.69) is 23.7 Å². The predicted octanol–water partition coefficient (Wildman–Crippen LogP) is 3.90. The van der Waals surface area contributed by atoms with E-state index >= 15 is 0 Å². The Labute approximate surface area is 85.1 Å². The zero-order valence-corrected chi connectivity index (χ0v) is 8.70. The molecule has 2 rings (SSSR count). The number of fused-ring (bicyclic) bond motifs is 1. The highest BCUT2D eigenvalue weighted by Gasteiger charge is 1.92. The molecule has 0 aliphatic heterocycles. The maximum absolute atomic E-state index is 4.28. The predicted molar refractivity (Wildman–Crippen MR) is 63.2 cm³/mol. The SMILES string of the molecule is C=Cc1cnc2ccccc2c1.CC. The van der Waals surface area contributed by atoms with Crippen molar-refractivity contribution in [2.24, 2.45) is 0 Å². The summed E-state index contributed by atoms with van der Waals surface area (Å²) in [5.41, 5.74) is 2.09. The number of nitrogens with zero attached hydrogens (tertiary/aromatic N) is 1. The minimum Gasteiger partial charge on any atom is -0.256 e. The standard InChI is InChI=1S/C11H9N.C2H6/c1-2-9-7-10-5-3-4-6-11(10)12-8-9;1-2/h2-8H,1H2;1-2H3. The van der Waals surface area contributed by atoms with Crippen LogP contribution in [0.2, 0.25) is 0 Å². The molecule has 14 heavy (non-hydrogen) atoms. The first-order chi connectivity index (χ1) is 6.90. The van der Waals surface area contributed by atoms with Gasteiger partial charge in [-0.05, 0) is 17.7 Å². The van der Waals surface area contributed by atoms with Crippen LogP contribution in [0.15, 0.2) is 43.1 Å². The quantitative estimate of drug-likeness (QED) is 0.656. The Bertz CT molecular complexity index is 418. The van der Waals surface area contributed by atoms with Gasteiger partial charge in [-0.1, -0.05) is 44.7 Å². The van der Waals surface area contributed by atoms with Crippen molar-refractivity contribution in [2.75, 3.05) is 0 Å². The van der Waals surface area contributed by atoms with Crippen molar-refractivity contribution in [2.45, 2.75) is 13.8 Å². The first-order valence-electron chi connectivity index (χ1n) is 4.87. The van der Waals surface area contributed by atoms with E-state index in [9.17, 15) is 0 Å². The first kappa shape index (κ1) is 10.5. The van der Waals surface area contributed by atoms with Gasteiger partial charge in [0.15, 0.2) is 0 Å². The maximum atomic E-state index is 4.28. The highest BCUT2D eigenvalue weighted by Crippen LogP contribution is 2.12. The molecule has 1 aromatic carbocycles. The van der Waals surface area contributed by atoms with Gasteiger partial charge in [-0.2, -0.15) is 0 Å². The van der Waals surface area contributed by atoms with Crippen LogP contribution in [-0.2, 0) is 0 Å². The lowest BCUT2D eigenvalue weighted by atomic mass is 10.2. The van der Waals surface area contributed by atoms with E-state index in [0.717, 1.165) is 16.5 Å². The molecule has 0 unspecified atom stereocenters. The zero-order chi connectivity index (χ0) is 10.4. The van der Waals surface area contributed by atoms with Crippen molar-refractivity contribution in [1.82, 2.24) is 4.98 Å². The summed E-state index contributed by atoms with van der Waals surface area (Å²) in [6, 6.07) is 10.1. The zero-order valence-electron chi connectivity index (χ0n) is 8.70. The van der Waals surface area contributed by atoms with Gasteiger partial charge in [0.2, 0.25) is 0 Å². The van der Waals surface area contributed by atoms with Gasteiger partial charge in [0.1, 0.15) is 0 Å². The second kappa shape index (κ2) is 5.18. The summed E-state index contributed by atoms with van der Waals surface area (Å²) in [6.07, 6.45) is 3.63. The van der Waals surface area contributed by atoms with Crippen LogP contribution in [0.3, 0.4) is 0 Å². The van der Waals surface area contributed by atoms with Crippen molar-refractivity contribution in [1.29, 1.82) is 0 Å². The smallest absolute Gasteiger partial charge is 0.0702 e. The van der Waals surface area contributed by atoms with Crippen molar-refractivity contribution >= 4 is 17.0 Å². The molecule has 0 spiro atoms. The minimum atomic E-state index is 1.03. The molecule has 0 N–H and O–H groups in total. The third kappa shape index (κ3) is 2.19. The minimum absolute atomic E-state index is 1.03. The van der Waals surface area contributed by atoms with Gasteiger partial charge in [-0.15, -0.1) is 0 Å².